The highest BCUT2D eigenvalue weighted by Gasteiger charge is 2.63. The molecule has 0 aromatic heterocycles. The second-order valence-corrected chi connectivity index (χ2v) is 8.20. The van der Waals surface area contributed by atoms with E-state index in [1.807, 2.05) is 0 Å². The van der Waals surface area contributed by atoms with E-state index in [1.165, 1.54) is 37.7 Å². The highest BCUT2D eigenvalue weighted by Crippen LogP contribution is 2.69. The third-order valence-corrected chi connectivity index (χ3v) is 7.28. The quantitative estimate of drug-likeness (QED) is 0.792. The monoisotopic (exact) mass is 265 g/mol. The topological polar surface area (TPSA) is 12.0 Å². The van der Waals surface area contributed by atoms with Crippen LogP contribution in [0.1, 0.15) is 60.6 Å². The fraction of sp³-hybridized carbons (Fsp3) is 0.684. The highest BCUT2D eigenvalue weighted by atomic mass is 15.0. The lowest BCUT2D eigenvalue weighted by Crippen LogP contribution is -2.44. The van der Waals surface area contributed by atoms with E-state index in [-0.39, 0.29) is 0 Å². The van der Waals surface area contributed by atoms with Crippen molar-refractivity contribution < 1.29 is 0 Å². The summed E-state index contributed by atoms with van der Waals surface area (Å²) in [7, 11) is 0. The number of rotatable bonds is 1. The van der Waals surface area contributed by atoms with Crippen molar-refractivity contribution in [3.63, 3.8) is 0 Å². The Morgan fingerprint density at radius 2 is 1.80 bits per heavy atom. The lowest BCUT2D eigenvalue weighted by Gasteiger charge is -2.47. The Hall–Kier alpha value is -0.980. The van der Waals surface area contributed by atoms with E-state index in [1.54, 1.807) is 16.8 Å². The van der Waals surface area contributed by atoms with Gasteiger partial charge < -0.3 is 5.32 Å². The normalized spacial score (nSPS) is 46.5. The predicted molar refractivity (Wildman–Crippen MR) is 81.1 cm³/mol. The van der Waals surface area contributed by atoms with E-state index in [0.717, 1.165) is 41.5 Å². The number of hydrogen-bond donors (Lipinski definition) is 1. The summed E-state index contributed by atoms with van der Waals surface area (Å²) in [5, 5.41) is 4.00. The third-order valence-electron chi connectivity index (χ3n) is 7.28. The van der Waals surface area contributed by atoms with Gasteiger partial charge in [0, 0.05) is 17.6 Å². The van der Waals surface area contributed by atoms with Crippen LogP contribution < -0.4 is 5.32 Å². The highest BCUT2D eigenvalue weighted by molar-refractivity contribution is 5.69. The molecule has 1 aromatic rings. The summed E-state index contributed by atoms with van der Waals surface area (Å²) in [5.41, 5.74) is 6.57. The Morgan fingerprint density at radius 1 is 0.950 bits per heavy atom. The van der Waals surface area contributed by atoms with Crippen molar-refractivity contribution in [2.75, 3.05) is 5.32 Å². The average molecular weight is 265 g/mol. The Balaban J connectivity index is 1.55. The van der Waals surface area contributed by atoms with Crippen molar-refractivity contribution in [1.29, 1.82) is 0 Å². The van der Waals surface area contributed by atoms with Crippen molar-refractivity contribution in [3.8, 4) is 0 Å². The first kappa shape index (κ1) is 10.7. The number of benzene rings is 1. The molecule has 4 saturated carbocycles. The molecule has 1 heteroatoms. The molecule has 6 atom stereocenters. The smallest absolute Gasteiger partial charge is 0.0411 e. The molecule has 0 spiro atoms. The molecule has 1 nitrogen and oxygen atoms in total. The van der Waals surface area contributed by atoms with Crippen LogP contribution in [-0.4, -0.2) is 6.04 Å². The summed E-state index contributed by atoms with van der Waals surface area (Å²) in [5.74, 6) is 6.02. The second-order valence-electron chi connectivity index (χ2n) is 8.20. The third kappa shape index (κ3) is 1.14. The van der Waals surface area contributed by atoms with Crippen LogP contribution in [-0.2, 0) is 0 Å². The standard InChI is InChI=1S/C19H23N/c1-9-2-5-11(10-3-4-10)16-17-13-7-6-12(13)14-8-15(14)19(17)20-18(9)16/h2,5,10,12-15,17,19-20H,3-4,6-8H2,1H3. The Kier molecular flexibility index (Phi) is 1.74. The van der Waals surface area contributed by atoms with Crippen LogP contribution in [0.25, 0.3) is 0 Å². The largest absolute Gasteiger partial charge is 0.381 e. The summed E-state index contributed by atoms with van der Waals surface area (Å²) in [6.07, 6.45) is 7.45. The zero-order valence-electron chi connectivity index (χ0n) is 12.2. The van der Waals surface area contributed by atoms with Crippen molar-refractivity contribution in [1.82, 2.24) is 0 Å². The van der Waals surface area contributed by atoms with Crippen molar-refractivity contribution in [2.45, 2.75) is 56.9 Å². The molecule has 1 N–H and O–H groups in total. The van der Waals surface area contributed by atoms with Gasteiger partial charge in [0.15, 0.2) is 0 Å². The van der Waals surface area contributed by atoms with Crippen LogP contribution in [0, 0.1) is 30.6 Å². The molecule has 5 aliphatic rings. The number of nitrogens with one attached hydrogen (secondary N) is 1. The molecular weight excluding hydrogens is 242 g/mol. The molecule has 0 bridgehead atoms. The van der Waals surface area contributed by atoms with Crippen LogP contribution in [0.3, 0.4) is 0 Å². The summed E-state index contributed by atoms with van der Waals surface area (Å²) in [6.45, 7) is 2.31. The van der Waals surface area contributed by atoms with Gasteiger partial charge in [0.25, 0.3) is 0 Å². The first-order valence-corrected chi connectivity index (χ1v) is 8.73. The predicted octanol–water partition coefficient (Wildman–Crippen LogP) is 4.43. The summed E-state index contributed by atoms with van der Waals surface area (Å²) < 4.78 is 0. The van der Waals surface area contributed by atoms with E-state index in [4.69, 9.17) is 0 Å². The summed E-state index contributed by atoms with van der Waals surface area (Å²) in [4.78, 5) is 0. The molecule has 4 aliphatic carbocycles. The second kappa shape index (κ2) is 3.26. The minimum absolute atomic E-state index is 0.801. The number of anilines is 1. The van der Waals surface area contributed by atoms with E-state index in [2.05, 4.69) is 24.4 Å². The first-order chi connectivity index (χ1) is 9.83. The molecule has 1 aliphatic heterocycles. The fourth-order valence-electron chi connectivity index (χ4n) is 6.01. The summed E-state index contributed by atoms with van der Waals surface area (Å²) >= 11 is 0. The zero-order chi connectivity index (χ0) is 13.0. The van der Waals surface area contributed by atoms with Crippen molar-refractivity contribution in [3.05, 3.63) is 28.8 Å². The number of fused-ring (bicyclic) bond motifs is 8. The molecular formula is C19H23N. The van der Waals surface area contributed by atoms with Gasteiger partial charge in [0.05, 0.1) is 0 Å². The molecule has 0 saturated heterocycles. The van der Waals surface area contributed by atoms with Gasteiger partial charge >= 0.3 is 0 Å². The number of aryl methyl sites for hydroxylation is 1. The lowest BCUT2D eigenvalue weighted by atomic mass is 9.57. The number of hydrogen-bond acceptors (Lipinski definition) is 1. The molecule has 20 heavy (non-hydrogen) atoms. The van der Waals surface area contributed by atoms with E-state index < -0.39 is 0 Å². The molecule has 104 valence electrons. The minimum Gasteiger partial charge on any atom is -0.381 e. The fourth-order valence-corrected chi connectivity index (χ4v) is 6.01. The molecule has 4 fully saturated rings. The molecule has 0 radical (unpaired) electrons. The Labute approximate surface area is 121 Å². The molecule has 6 rings (SSSR count). The molecule has 1 heterocycles. The molecule has 0 amide bonds. The maximum atomic E-state index is 4.00. The zero-order valence-corrected chi connectivity index (χ0v) is 12.2. The van der Waals surface area contributed by atoms with Gasteiger partial charge in [-0.1, -0.05) is 12.1 Å². The van der Waals surface area contributed by atoms with Gasteiger partial charge in [-0.15, -0.1) is 0 Å². The van der Waals surface area contributed by atoms with Crippen LogP contribution in [0.4, 0.5) is 5.69 Å². The first-order valence-electron chi connectivity index (χ1n) is 8.73. The van der Waals surface area contributed by atoms with Gasteiger partial charge in [0.2, 0.25) is 0 Å². The minimum atomic E-state index is 0.801. The molecule has 1 aromatic carbocycles. The maximum Gasteiger partial charge on any atom is 0.0411 e. The lowest BCUT2D eigenvalue weighted by molar-refractivity contribution is 0.0741. The Bertz CT molecular complexity index is 614. The maximum absolute atomic E-state index is 4.00. The van der Waals surface area contributed by atoms with Crippen molar-refractivity contribution >= 4 is 5.69 Å². The molecule has 6 unspecified atom stereocenters. The van der Waals surface area contributed by atoms with Crippen molar-refractivity contribution in [2.24, 2.45) is 23.7 Å². The van der Waals surface area contributed by atoms with Gasteiger partial charge in [-0.2, -0.15) is 0 Å². The van der Waals surface area contributed by atoms with Crippen LogP contribution in [0.15, 0.2) is 12.1 Å². The van der Waals surface area contributed by atoms with Crippen LogP contribution in [0.2, 0.25) is 0 Å². The average Bonchev–Trinajstić information content (AvgIpc) is 3.29. The van der Waals surface area contributed by atoms with Gasteiger partial charge in [0.1, 0.15) is 0 Å². The summed E-state index contributed by atoms with van der Waals surface area (Å²) in [6, 6.07) is 5.65. The Morgan fingerprint density at radius 3 is 2.55 bits per heavy atom. The van der Waals surface area contributed by atoms with Crippen LogP contribution in [0.5, 0.6) is 0 Å². The van der Waals surface area contributed by atoms with E-state index >= 15 is 0 Å². The van der Waals surface area contributed by atoms with Gasteiger partial charge in [-0.3, -0.25) is 0 Å². The van der Waals surface area contributed by atoms with E-state index in [9.17, 15) is 0 Å². The van der Waals surface area contributed by atoms with E-state index in [0.29, 0.717) is 0 Å². The SMILES string of the molecule is Cc1ccc(C2CC2)c2c1NC1C3CC3C3CCC3C21. The van der Waals surface area contributed by atoms with Crippen LogP contribution >= 0.6 is 0 Å². The van der Waals surface area contributed by atoms with Gasteiger partial charge in [-0.25, -0.2) is 0 Å². The van der Waals surface area contributed by atoms with Gasteiger partial charge in [-0.05, 0) is 85.3 Å².